The first-order chi connectivity index (χ1) is 41.5. The van der Waals surface area contributed by atoms with Gasteiger partial charge in [0.05, 0.1) is 112 Å². The van der Waals surface area contributed by atoms with Crippen LogP contribution in [-0.4, -0.2) is 207 Å². The summed E-state index contributed by atoms with van der Waals surface area (Å²) in [4.78, 5) is 93.7. The zero-order valence-corrected chi connectivity index (χ0v) is 55.2. The van der Waals surface area contributed by atoms with Crippen LogP contribution in [-0.2, 0) is 52.2 Å². The molecule has 1 aromatic rings. The molecule has 0 spiro atoms. The van der Waals surface area contributed by atoms with Crippen LogP contribution in [0.4, 0.5) is 19.2 Å². The summed E-state index contributed by atoms with van der Waals surface area (Å²) in [7, 11) is 0. The molecule has 5 saturated heterocycles. The maximum atomic E-state index is 12.4. The number of nitrogens with zero attached hydrogens (tertiary/aromatic N) is 1. The van der Waals surface area contributed by atoms with Gasteiger partial charge in [-0.1, -0.05) is 12.1 Å². The first-order valence-electron chi connectivity index (χ1n) is 31.1. The van der Waals surface area contributed by atoms with Crippen LogP contribution in [0.25, 0.3) is 0 Å². The Hall–Kier alpha value is -5.94. The highest BCUT2D eigenvalue weighted by molar-refractivity contribution is 6.21. The molecule has 0 unspecified atom stereocenters. The molecule has 5 fully saturated rings. The molecule has 10 atom stereocenters. The van der Waals surface area contributed by atoms with Crippen molar-refractivity contribution >= 4 is 48.0 Å². The van der Waals surface area contributed by atoms with Crippen molar-refractivity contribution in [2.24, 2.45) is 11.5 Å². The van der Waals surface area contributed by atoms with E-state index in [1.54, 1.807) is 24.3 Å². The van der Waals surface area contributed by atoms with Crippen molar-refractivity contribution in [1.82, 2.24) is 36.8 Å². The molecule has 8 amide bonds. The zero-order valence-electron chi connectivity index (χ0n) is 55.2. The fourth-order valence-electron chi connectivity index (χ4n) is 9.32. The van der Waals surface area contributed by atoms with E-state index in [4.69, 9.17) is 59.2 Å². The number of nitrogens with two attached hydrogens (primary N) is 2. The van der Waals surface area contributed by atoms with Gasteiger partial charge in [0.2, 0.25) is 11.8 Å². The molecule has 0 saturated carbocycles. The van der Waals surface area contributed by atoms with Crippen LogP contribution in [0.1, 0.15) is 182 Å². The molecule has 0 aromatic heterocycles. The quantitative estimate of drug-likeness (QED) is 0.0953. The SMILES string of the molecule is CC(=O)NC[C@@H]1CC[C@@H](N)CO1.CC(=O)NC[C@@H]1CC[C@@H](NC(=O)OC(C)(C)C)CO1.CC(C)(C)OC(=O)N[C@@H]1CC[C@@H](CN)OC1.CC(C)(C)OC(=O)N[C@@H]1CC[C@@H](CN2C(=O)c3ccccc3C2=O)OC1.CC(C)(C)OC(=O)N[C@@H]1CC[C@@H](CO)OC1. The maximum absolute atomic E-state index is 12.4. The molecule has 7 rings (SSSR count). The average Bonchev–Trinajstić information content (AvgIpc) is 1.74. The third-order valence-electron chi connectivity index (χ3n) is 13.7. The summed E-state index contributed by atoms with van der Waals surface area (Å²) < 4.78 is 48.3. The fourth-order valence-corrected chi connectivity index (χ4v) is 9.32. The van der Waals surface area contributed by atoms with Crippen molar-refractivity contribution in [2.45, 2.75) is 244 Å². The van der Waals surface area contributed by atoms with Crippen molar-refractivity contribution in [3.05, 3.63) is 35.4 Å². The topological polar surface area (TPSA) is 367 Å². The highest BCUT2D eigenvalue weighted by Gasteiger charge is 2.38. The lowest BCUT2D eigenvalue weighted by Crippen LogP contribution is -2.47. The molecule has 6 heterocycles. The number of carbonyl (C=O) groups excluding carboxylic acids is 8. The van der Waals surface area contributed by atoms with Crippen molar-refractivity contribution in [1.29, 1.82) is 0 Å². The summed E-state index contributed by atoms with van der Waals surface area (Å²) in [6.45, 7) is 29.2. The Morgan fingerprint density at radius 2 is 0.787 bits per heavy atom. The molecule has 0 bridgehead atoms. The molecule has 27 nitrogen and oxygen atoms in total. The van der Waals surface area contributed by atoms with Gasteiger partial charge in [0, 0.05) is 39.5 Å². The largest absolute Gasteiger partial charge is 0.444 e. The smallest absolute Gasteiger partial charge is 0.407 e. The normalized spacial score (nSPS) is 25.2. The average molecular weight is 1270 g/mol. The van der Waals surface area contributed by atoms with Crippen LogP contribution in [0.3, 0.4) is 0 Å². The Balaban J connectivity index is 0.000000298. The Morgan fingerprint density at radius 3 is 1.06 bits per heavy atom. The van der Waals surface area contributed by atoms with Gasteiger partial charge in [-0.3, -0.25) is 24.1 Å². The predicted octanol–water partition coefficient (Wildman–Crippen LogP) is 5.25. The van der Waals surface area contributed by atoms with Gasteiger partial charge in [-0.2, -0.15) is 0 Å². The maximum Gasteiger partial charge on any atom is 0.407 e. The van der Waals surface area contributed by atoms with E-state index in [2.05, 4.69) is 31.9 Å². The lowest BCUT2D eigenvalue weighted by molar-refractivity contribution is -0.120. The van der Waals surface area contributed by atoms with E-state index in [1.165, 1.54) is 18.7 Å². The van der Waals surface area contributed by atoms with Crippen LogP contribution in [0.5, 0.6) is 0 Å². The van der Waals surface area contributed by atoms with Gasteiger partial charge in [-0.25, -0.2) is 19.2 Å². The van der Waals surface area contributed by atoms with Gasteiger partial charge in [0.25, 0.3) is 11.8 Å². The number of alkyl carbamates (subject to hydrolysis) is 4. The van der Waals surface area contributed by atoms with E-state index in [1.807, 2.05) is 83.1 Å². The number of amides is 8. The number of ether oxygens (including phenoxy) is 9. The third-order valence-corrected chi connectivity index (χ3v) is 13.7. The summed E-state index contributed by atoms with van der Waals surface area (Å²) in [5.74, 6) is -0.613. The Morgan fingerprint density at radius 1 is 0.483 bits per heavy atom. The van der Waals surface area contributed by atoms with Gasteiger partial charge in [-0.15, -0.1) is 0 Å². The van der Waals surface area contributed by atoms with Gasteiger partial charge < -0.3 is 91.1 Å². The van der Waals surface area contributed by atoms with E-state index in [-0.39, 0.29) is 104 Å². The lowest BCUT2D eigenvalue weighted by Gasteiger charge is -2.32. The van der Waals surface area contributed by atoms with Crippen molar-refractivity contribution in [2.75, 3.05) is 65.8 Å². The van der Waals surface area contributed by atoms with E-state index in [0.717, 1.165) is 51.4 Å². The van der Waals surface area contributed by atoms with E-state index in [9.17, 15) is 38.4 Å². The molecule has 1 aromatic carbocycles. The summed E-state index contributed by atoms with van der Waals surface area (Å²) in [5.41, 5.74) is 10.0. The third kappa shape index (κ3) is 33.6. The summed E-state index contributed by atoms with van der Waals surface area (Å²) in [6.07, 6.45) is 6.59. The Kier molecular flexibility index (Phi) is 32.5. The Bertz CT molecular complexity index is 2270. The molecule has 11 N–H and O–H groups in total. The summed E-state index contributed by atoms with van der Waals surface area (Å²) in [5, 5.41) is 25.4. The number of imide groups is 1. The van der Waals surface area contributed by atoms with Crippen LogP contribution in [0, 0.1) is 0 Å². The second-order valence-electron chi connectivity index (χ2n) is 26.9. The minimum absolute atomic E-state index is 0.00604. The summed E-state index contributed by atoms with van der Waals surface area (Å²) in [6, 6.07) is 6.87. The molecule has 508 valence electrons. The first-order valence-corrected chi connectivity index (χ1v) is 31.1. The number of fused-ring (bicyclic) bond motifs is 1. The zero-order chi connectivity index (χ0) is 66.7. The number of aliphatic hydroxyl groups excluding tert-OH is 1. The van der Waals surface area contributed by atoms with Crippen LogP contribution in [0.15, 0.2) is 24.3 Å². The van der Waals surface area contributed by atoms with Crippen molar-refractivity contribution in [3.8, 4) is 0 Å². The van der Waals surface area contributed by atoms with Crippen LogP contribution < -0.4 is 43.4 Å². The summed E-state index contributed by atoms with van der Waals surface area (Å²) >= 11 is 0. The first kappa shape index (κ1) is 77.3. The van der Waals surface area contributed by atoms with Crippen molar-refractivity contribution < 1.29 is 86.1 Å². The van der Waals surface area contributed by atoms with Gasteiger partial charge in [-0.05, 0) is 159 Å². The second kappa shape index (κ2) is 37.4. The van der Waals surface area contributed by atoms with Crippen molar-refractivity contribution in [3.63, 3.8) is 0 Å². The van der Waals surface area contributed by atoms with E-state index >= 15 is 0 Å². The molecule has 0 radical (unpaired) electrons. The highest BCUT2D eigenvalue weighted by Crippen LogP contribution is 2.26. The number of rotatable bonds is 12. The molecular weight excluding hydrogens is 1160 g/mol. The highest BCUT2D eigenvalue weighted by atomic mass is 16.6. The standard InChI is InChI=1S/C19H24N2O5.C13H24N2O4.C11H22N2O3.C11H21NO4.C8H16N2O2/c1-19(2,3)26-18(24)20-12-8-9-13(25-11-12)10-21-16(22)14-6-4-5-7-15(14)17(21)23;1-9(16)14-7-11-6-5-10(8-18-11)15-12(17)19-13(2,3)4;1-11(2,3)16-10(14)13-8-4-5-9(6-12)15-7-8;1-11(2,3)16-10(14)12-8-4-5-9(6-13)15-7-8;1-6(11)10-4-8-3-2-7(9)5-12-8/h4-7,12-13H,8-11H2,1-3H3,(H,20,24);10-11H,5-8H2,1-4H3,(H,14,16)(H,15,17);8-9H,4-7,12H2,1-3H3,(H,13,14);8-9,13H,4-7H2,1-3H3,(H,12,14);7-8H,2-5,9H2,1H3,(H,10,11)/t12-,13+;10-,11+;2*8-,9+;7-,8+/m11111/s1. The molecule has 89 heavy (non-hydrogen) atoms. The minimum atomic E-state index is -0.548. The van der Waals surface area contributed by atoms with Gasteiger partial charge >= 0.3 is 24.4 Å². The molecule has 6 aliphatic rings. The Labute approximate surface area is 526 Å². The number of hydrogen-bond donors (Lipinski definition) is 9. The number of hydrogen-bond acceptors (Lipinski definition) is 20. The number of nitrogens with one attached hydrogen (secondary N) is 6. The molecular formula is C62H107N9O18. The van der Waals surface area contributed by atoms with Crippen LogP contribution in [0.2, 0.25) is 0 Å². The molecule has 6 aliphatic heterocycles. The molecule has 27 heteroatoms. The number of carbonyl (C=O) groups is 8. The van der Waals surface area contributed by atoms with Gasteiger partial charge in [0.15, 0.2) is 0 Å². The second-order valence-corrected chi connectivity index (χ2v) is 26.9. The molecule has 0 aliphatic carbocycles. The predicted molar refractivity (Wildman–Crippen MR) is 331 cm³/mol. The van der Waals surface area contributed by atoms with E-state index in [0.29, 0.717) is 76.6 Å². The lowest BCUT2D eigenvalue weighted by atomic mass is 10.0. The van der Waals surface area contributed by atoms with Gasteiger partial charge in [0.1, 0.15) is 22.4 Å². The monoisotopic (exact) mass is 1270 g/mol. The minimum Gasteiger partial charge on any atom is -0.444 e. The van der Waals surface area contributed by atoms with E-state index < -0.39 is 40.7 Å². The fraction of sp³-hybridized carbons (Fsp3) is 0.774. The van der Waals surface area contributed by atoms with Crippen LogP contribution >= 0.6 is 0 Å². The number of benzene rings is 1. The number of aliphatic hydroxyl groups is 1.